The first-order valence-corrected chi connectivity index (χ1v) is 5.13. The van der Waals surface area contributed by atoms with Gasteiger partial charge in [-0.2, -0.15) is 0 Å². The van der Waals surface area contributed by atoms with Crippen LogP contribution in [0.2, 0.25) is 0 Å². The fraction of sp³-hybridized carbons (Fsp3) is 0.364. The summed E-state index contributed by atoms with van der Waals surface area (Å²) in [7, 11) is 1.21. The van der Waals surface area contributed by atoms with E-state index in [1.165, 1.54) is 7.11 Å². The Morgan fingerprint density at radius 1 is 1.39 bits per heavy atom. The van der Waals surface area contributed by atoms with Crippen LogP contribution in [0.25, 0.3) is 0 Å². The molecule has 0 aliphatic carbocycles. The maximum atomic E-state index is 13.6. The average molecular weight is 260 g/mol. The van der Waals surface area contributed by atoms with Crippen LogP contribution >= 0.6 is 0 Å². The number of methoxy groups -OCH3 is 1. The number of halogens is 2. The molecule has 0 aliphatic heterocycles. The lowest BCUT2D eigenvalue weighted by Crippen LogP contribution is -2.34. The maximum Gasteiger partial charge on any atom is 0.320 e. The number of hydrogen-bond acceptors (Lipinski definition) is 4. The Morgan fingerprint density at radius 2 is 2.00 bits per heavy atom. The standard InChI is InChI=1S/C11H14F2N2O3/c1-18-10-3-6(12)5(2-7(10)13)8(14)4-9(15)11(16)17/h2-3,8-9H,4,14-15H2,1H3,(H,16,17). The zero-order valence-corrected chi connectivity index (χ0v) is 9.69. The van der Waals surface area contributed by atoms with Crippen LogP contribution in [-0.2, 0) is 4.79 Å². The molecular formula is C11H14F2N2O3. The summed E-state index contributed by atoms with van der Waals surface area (Å²) in [5, 5.41) is 8.62. The van der Waals surface area contributed by atoms with Gasteiger partial charge in [-0.25, -0.2) is 8.78 Å². The van der Waals surface area contributed by atoms with Crippen LogP contribution in [0.5, 0.6) is 5.75 Å². The summed E-state index contributed by atoms with van der Waals surface area (Å²) in [4.78, 5) is 10.6. The molecule has 1 aromatic carbocycles. The Hall–Kier alpha value is -1.73. The van der Waals surface area contributed by atoms with Gasteiger partial charge in [0, 0.05) is 17.7 Å². The number of carboxylic acid groups (broad SMARTS) is 1. The highest BCUT2D eigenvalue weighted by Gasteiger charge is 2.21. The molecule has 0 aromatic heterocycles. The summed E-state index contributed by atoms with van der Waals surface area (Å²) in [5.74, 6) is -3.03. The topological polar surface area (TPSA) is 98.6 Å². The van der Waals surface area contributed by atoms with E-state index in [1.807, 2.05) is 0 Å². The second-order valence-electron chi connectivity index (χ2n) is 3.80. The van der Waals surface area contributed by atoms with Crippen LogP contribution in [0.3, 0.4) is 0 Å². The van der Waals surface area contributed by atoms with E-state index in [4.69, 9.17) is 16.6 Å². The van der Waals surface area contributed by atoms with Crippen LogP contribution in [0, 0.1) is 11.6 Å². The fourth-order valence-corrected chi connectivity index (χ4v) is 1.49. The Labute approximate surface area is 102 Å². The summed E-state index contributed by atoms with van der Waals surface area (Å²) in [6, 6.07) is -0.495. The van der Waals surface area contributed by atoms with E-state index >= 15 is 0 Å². The van der Waals surface area contributed by atoms with Gasteiger partial charge in [-0.15, -0.1) is 0 Å². The molecule has 2 unspecified atom stereocenters. The number of hydrogen-bond donors (Lipinski definition) is 3. The highest BCUT2D eigenvalue weighted by atomic mass is 19.1. The van der Waals surface area contributed by atoms with Crippen LogP contribution in [0.1, 0.15) is 18.0 Å². The zero-order valence-electron chi connectivity index (χ0n) is 9.69. The maximum absolute atomic E-state index is 13.6. The second-order valence-corrected chi connectivity index (χ2v) is 3.80. The minimum atomic E-state index is -1.25. The summed E-state index contributed by atoms with van der Waals surface area (Å²) < 4.78 is 31.6. The highest BCUT2D eigenvalue weighted by Crippen LogP contribution is 2.26. The lowest BCUT2D eigenvalue weighted by Gasteiger charge is -2.16. The largest absolute Gasteiger partial charge is 0.494 e. The molecule has 2 atom stereocenters. The van der Waals surface area contributed by atoms with Crippen molar-refractivity contribution < 1.29 is 23.4 Å². The van der Waals surface area contributed by atoms with E-state index in [0.717, 1.165) is 12.1 Å². The van der Waals surface area contributed by atoms with E-state index in [-0.39, 0.29) is 17.7 Å². The van der Waals surface area contributed by atoms with Crippen molar-refractivity contribution in [2.75, 3.05) is 7.11 Å². The monoisotopic (exact) mass is 260 g/mol. The van der Waals surface area contributed by atoms with E-state index in [0.29, 0.717) is 0 Å². The first kappa shape index (κ1) is 14.3. The minimum absolute atomic E-state index is 0.134. The van der Waals surface area contributed by atoms with Crippen molar-refractivity contribution in [3.05, 3.63) is 29.3 Å². The molecule has 100 valence electrons. The van der Waals surface area contributed by atoms with Crippen molar-refractivity contribution >= 4 is 5.97 Å². The van der Waals surface area contributed by atoms with Crippen molar-refractivity contribution in [1.82, 2.24) is 0 Å². The molecule has 0 saturated heterocycles. The quantitative estimate of drug-likeness (QED) is 0.726. The van der Waals surface area contributed by atoms with Crippen molar-refractivity contribution in [3.63, 3.8) is 0 Å². The molecule has 1 aromatic rings. The van der Waals surface area contributed by atoms with Crippen LogP contribution < -0.4 is 16.2 Å². The van der Waals surface area contributed by atoms with Crippen molar-refractivity contribution in [3.8, 4) is 5.75 Å². The molecule has 0 fully saturated rings. The third kappa shape index (κ3) is 3.14. The summed E-state index contributed by atoms with van der Waals surface area (Å²) in [5.41, 5.74) is 10.7. The Bertz CT molecular complexity index is 454. The van der Waals surface area contributed by atoms with E-state index < -0.39 is 29.7 Å². The third-order valence-electron chi connectivity index (χ3n) is 2.50. The minimum Gasteiger partial charge on any atom is -0.494 e. The van der Waals surface area contributed by atoms with Crippen molar-refractivity contribution in [2.45, 2.75) is 18.5 Å². The average Bonchev–Trinajstić information content (AvgIpc) is 2.31. The first-order chi connectivity index (χ1) is 8.36. The Balaban J connectivity index is 2.96. The smallest absolute Gasteiger partial charge is 0.320 e. The predicted molar refractivity (Wildman–Crippen MR) is 60.1 cm³/mol. The van der Waals surface area contributed by atoms with Gasteiger partial charge in [0.25, 0.3) is 0 Å². The molecule has 5 nitrogen and oxygen atoms in total. The SMILES string of the molecule is COc1cc(F)c(C(N)CC(N)C(=O)O)cc1F. The number of carbonyl (C=O) groups is 1. The van der Waals surface area contributed by atoms with Gasteiger partial charge < -0.3 is 21.3 Å². The van der Waals surface area contributed by atoms with Gasteiger partial charge in [-0.1, -0.05) is 0 Å². The summed E-state index contributed by atoms with van der Waals surface area (Å²) in [6.07, 6.45) is -0.196. The Kier molecular flexibility index (Phi) is 4.57. The lowest BCUT2D eigenvalue weighted by molar-refractivity contribution is -0.138. The molecule has 0 radical (unpaired) electrons. The predicted octanol–water partition coefficient (Wildman–Crippen LogP) is 0.775. The number of ether oxygens (including phenoxy) is 1. The first-order valence-electron chi connectivity index (χ1n) is 5.13. The molecule has 0 spiro atoms. The number of aliphatic carboxylic acids is 1. The molecule has 0 saturated carbocycles. The molecule has 1 rings (SSSR count). The van der Waals surface area contributed by atoms with Gasteiger partial charge in [-0.05, 0) is 12.5 Å². The van der Waals surface area contributed by atoms with Crippen LogP contribution in [0.15, 0.2) is 12.1 Å². The second kappa shape index (κ2) is 5.74. The van der Waals surface area contributed by atoms with Gasteiger partial charge in [0.15, 0.2) is 11.6 Å². The van der Waals surface area contributed by atoms with Gasteiger partial charge in [-0.3, -0.25) is 4.79 Å². The normalized spacial score (nSPS) is 14.1. The van der Waals surface area contributed by atoms with Gasteiger partial charge in [0.2, 0.25) is 0 Å². The molecular weight excluding hydrogens is 246 g/mol. The number of rotatable bonds is 5. The molecule has 0 amide bonds. The molecule has 5 N–H and O–H groups in total. The molecule has 0 heterocycles. The highest BCUT2D eigenvalue weighted by molar-refractivity contribution is 5.73. The van der Waals surface area contributed by atoms with Crippen LogP contribution in [-0.4, -0.2) is 24.2 Å². The number of benzene rings is 1. The van der Waals surface area contributed by atoms with E-state index in [9.17, 15) is 13.6 Å². The molecule has 0 bridgehead atoms. The fourth-order valence-electron chi connectivity index (χ4n) is 1.49. The molecule has 7 heteroatoms. The lowest BCUT2D eigenvalue weighted by atomic mass is 9.99. The summed E-state index contributed by atoms with van der Waals surface area (Å²) in [6.45, 7) is 0. The number of carboxylic acids is 1. The van der Waals surface area contributed by atoms with Gasteiger partial charge in [0.1, 0.15) is 11.9 Å². The van der Waals surface area contributed by atoms with E-state index in [2.05, 4.69) is 4.74 Å². The summed E-state index contributed by atoms with van der Waals surface area (Å²) >= 11 is 0. The Morgan fingerprint density at radius 3 is 2.50 bits per heavy atom. The third-order valence-corrected chi connectivity index (χ3v) is 2.50. The molecule has 18 heavy (non-hydrogen) atoms. The van der Waals surface area contributed by atoms with Crippen molar-refractivity contribution in [2.24, 2.45) is 11.5 Å². The zero-order chi connectivity index (χ0) is 13.9. The van der Waals surface area contributed by atoms with Crippen LogP contribution in [0.4, 0.5) is 8.78 Å². The van der Waals surface area contributed by atoms with Gasteiger partial charge >= 0.3 is 5.97 Å². The number of nitrogens with two attached hydrogens (primary N) is 2. The molecule has 0 aliphatic rings. The van der Waals surface area contributed by atoms with Crippen molar-refractivity contribution in [1.29, 1.82) is 0 Å². The van der Waals surface area contributed by atoms with Gasteiger partial charge in [0.05, 0.1) is 7.11 Å². The van der Waals surface area contributed by atoms with E-state index in [1.54, 1.807) is 0 Å².